The van der Waals surface area contributed by atoms with Gasteiger partial charge in [0.05, 0.1) is 22.3 Å². The average Bonchev–Trinajstić information content (AvgIpc) is 3.40. The molecule has 0 saturated carbocycles. The van der Waals surface area contributed by atoms with Crippen molar-refractivity contribution in [3.63, 3.8) is 0 Å². The molecule has 0 radical (unpaired) electrons. The minimum Gasteiger partial charge on any atom is -1.00 e. The van der Waals surface area contributed by atoms with Crippen molar-refractivity contribution in [1.82, 2.24) is 0 Å². The topological polar surface area (TPSA) is 7.12 Å². The zero-order chi connectivity index (χ0) is 29.1. The molecule has 45 heavy (non-hydrogen) atoms. The van der Waals surface area contributed by atoms with Crippen molar-refractivity contribution in [1.29, 1.82) is 0 Å². The van der Waals surface area contributed by atoms with Crippen molar-refractivity contribution >= 4 is 57.6 Å². The fraction of sp³-hybridized carbons (Fsp3) is 0.103. The van der Waals surface area contributed by atoms with E-state index in [2.05, 4.69) is 174 Å². The Labute approximate surface area is 306 Å². The first-order valence-corrected chi connectivity index (χ1v) is 17.7. The number of thioether (sulfide) groups is 1. The Morgan fingerprint density at radius 3 is 1.78 bits per heavy atom. The van der Waals surface area contributed by atoms with Gasteiger partial charge in [-0.15, -0.1) is 0 Å². The second-order valence-electron chi connectivity index (χ2n) is 11.0. The van der Waals surface area contributed by atoms with Crippen molar-refractivity contribution in [3.8, 4) is 0 Å². The number of para-hydroxylation sites is 2. The Balaban J connectivity index is 0.00000200. The second kappa shape index (κ2) is 15.3. The van der Waals surface area contributed by atoms with Crippen molar-refractivity contribution in [3.05, 3.63) is 162 Å². The van der Waals surface area contributed by atoms with Crippen LogP contribution in [0.5, 0.6) is 0 Å². The van der Waals surface area contributed by atoms with Gasteiger partial charge in [-0.05, 0) is 66.2 Å². The van der Waals surface area contributed by atoms with Gasteiger partial charge in [-0.1, -0.05) is 90.6 Å². The van der Waals surface area contributed by atoms with E-state index in [9.17, 15) is 0 Å². The summed E-state index contributed by atoms with van der Waals surface area (Å²) >= 11 is 1.85. The summed E-state index contributed by atoms with van der Waals surface area (Å²) in [4.78, 5) is 3.61. The lowest BCUT2D eigenvalue weighted by atomic mass is 10.1. The molecule has 6 heteroatoms. The highest BCUT2D eigenvalue weighted by Gasteiger charge is 2.44. The molecule has 0 fully saturated rings. The molecule has 0 aliphatic carbocycles. The number of pyridine rings is 1. The van der Waals surface area contributed by atoms with Crippen molar-refractivity contribution < 1.29 is 52.5 Å². The molecule has 0 N–H and O–H groups in total. The zero-order valence-electron chi connectivity index (χ0n) is 25.1. The number of rotatable bonds is 8. The standard InChI is InChI=1S/C39H35N2PS.2HI/c1-40-37-24-13-14-25-38(37)43-39(40)30-31-26-28-41(36-23-12-11-22-35(31)36)27-15-29-42(32-16-5-2-6-17-32,33-18-7-3-8-19-33)34-20-9-4-10-21-34;;/h2-14,16-26,28,30H,15,27,29H2,1H3;2*1H/q+2;;/p-2. The maximum Gasteiger partial charge on any atom is 0.213 e. The van der Waals surface area contributed by atoms with Crippen molar-refractivity contribution in [2.45, 2.75) is 17.9 Å². The molecule has 0 spiro atoms. The van der Waals surface area contributed by atoms with Gasteiger partial charge in [0.2, 0.25) is 5.52 Å². The number of benzene rings is 5. The Kier molecular flexibility index (Phi) is 11.4. The predicted octanol–water partition coefficient (Wildman–Crippen LogP) is 2.06. The average molecular weight is 849 g/mol. The molecule has 6 aromatic rings. The quantitative estimate of drug-likeness (QED) is 0.132. The van der Waals surface area contributed by atoms with E-state index in [1.165, 1.54) is 48.0 Å². The fourth-order valence-electron chi connectivity index (χ4n) is 6.37. The predicted molar refractivity (Wildman–Crippen MR) is 187 cm³/mol. The molecule has 0 amide bonds. The van der Waals surface area contributed by atoms with Gasteiger partial charge in [-0.3, -0.25) is 0 Å². The van der Waals surface area contributed by atoms with Crippen LogP contribution in [0.4, 0.5) is 5.69 Å². The molecule has 1 aliphatic heterocycles. The number of anilines is 1. The molecule has 0 saturated heterocycles. The lowest BCUT2D eigenvalue weighted by molar-refractivity contribution is -0.671. The molecule has 0 unspecified atom stereocenters. The number of hydrogen-bond donors (Lipinski definition) is 0. The van der Waals surface area contributed by atoms with Crippen LogP contribution in [0.25, 0.3) is 17.0 Å². The Morgan fingerprint density at radius 1 is 0.644 bits per heavy atom. The van der Waals surface area contributed by atoms with Crippen LogP contribution in [0.15, 0.2) is 162 Å². The van der Waals surface area contributed by atoms with Crippen LogP contribution >= 0.6 is 19.0 Å². The Morgan fingerprint density at radius 2 is 1.18 bits per heavy atom. The maximum absolute atomic E-state index is 2.45. The Hall–Kier alpha value is -2.71. The van der Waals surface area contributed by atoms with Gasteiger partial charge < -0.3 is 52.9 Å². The van der Waals surface area contributed by atoms with E-state index in [1.54, 1.807) is 0 Å². The molecular weight excluding hydrogens is 813 g/mol. The third kappa shape index (κ3) is 6.73. The number of halogens is 2. The third-order valence-electron chi connectivity index (χ3n) is 8.49. The summed E-state index contributed by atoms with van der Waals surface area (Å²) in [5, 5.41) is 6.89. The van der Waals surface area contributed by atoms with Crippen LogP contribution in [-0.2, 0) is 6.54 Å². The number of hydrogen-bond acceptors (Lipinski definition) is 2. The van der Waals surface area contributed by atoms with Gasteiger partial charge in [-0.2, -0.15) is 4.57 Å². The van der Waals surface area contributed by atoms with E-state index in [0.717, 1.165) is 19.1 Å². The number of fused-ring (bicyclic) bond motifs is 2. The molecule has 2 heterocycles. The van der Waals surface area contributed by atoms with Gasteiger partial charge in [0.1, 0.15) is 23.2 Å². The molecule has 1 aromatic heterocycles. The van der Waals surface area contributed by atoms with Crippen LogP contribution in [0.3, 0.4) is 0 Å². The van der Waals surface area contributed by atoms with E-state index < -0.39 is 7.26 Å². The summed E-state index contributed by atoms with van der Waals surface area (Å²) in [7, 11) is 0.317. The summed E-state index contributed by atoms with van der Waals surface area (Å²) in [5.74, 6) is 0. The molecule has 0 atom stereocenters. The first kappa shape index (κ1) is 33.6. The van der Waals surface area contributed by atoms with Gasteiger partial charge in [0.15, 0.2) is 12.7 Å². The highest BCUT2D eigenvalue weighted by atomic mass is 127. The molecule has 0 bridgehead atoms. The normalized spacial score (nSPS) is 13.3. The van der Waals surface area contributed by atoms with Crippen LogP contribution < -0.4 is 73.3 Å². The molecule has 1 aliphatic rings. The first-order valence-electron chi connectivity index (χ1n) is 14.9. The van der Waals surface area contributed by atoms with E-state index >= 15 is 0 Å². The van der Waals surface area contributed by atoms with Crippen LogP contribution in [0.2, 0.25) is 0 Å². The minimum absolute atomic E-state index is 0. The highest BCUT2D eigenvalue weighted by molar-refractivity contribution is 8.03. The number of nitrogens with zero attached hydrogens (tertiary/aromatic N) is 2. The smallest absolute Gasteiger partial charge is 0.213 e. The fourth-order valence-corrected chi connectivity index (χ4v) is 11.8. The first-order chi connectivity index (χ1) is 21.2. The van der Waals surface area contributed by atoms with Crippen LogP contribution in [0.1, 0.15) is 12.0 Å². The van der Waals surface area contributed by atoms with Crippen LogP contribution in [-0.4, -0.2) is 13.2 Å². The molecular formula is C39H35I2N2PS. The van der Waals surface area contributed by atoms with E-state index in [-0.39, 0.29) is 48.0 Å². The molecule has 5 aromatic carbocycles. The molecule has 2 nitrogen and oxygen atoms in total. The summed E-state index contributed by atoms with van der Waals surface area (Å²) < 4.78 is 2.45. The molecule has 7 rings (SSSR count). The van der Waals surface area contributed by atoms with E-state index in [1.807, 2.05) is 11.8 Å². The van der Waals surface area contributed by atoms with Gasteiger partial charge >= 0.3 is 0 Å². The lowest BCUT2D eigenvalue weighted by Crippen LogP contribution is -3.00. The summed E-state index contributed by atoms with van der Waals surface area (Å²) in [6.45, 7) is 0.964. The van der Waals surface area contributed by atoms with Gasteiger partial charge in [0.25, 0.3) is 0 Å². The van der Waals surface area contributed by atoms with Crippen LogP contribution in [0, 0.1) is 0 Å². The summed E-state index contributed by atoms with van der Waals surface area (Å²) in [6.07, 6.45) is 6.82. The summed E-state index contributed by atoms with van der Waals surface area (Å²) in [5.41, 5.74) is 3.81. The SMILES string of the molecule is CN1/C(=C/c2cc[n+](CCC[P+](c3ccccc3)(c3ccccc3)c3ccccc3)c3ccccc23)Sc2ccccc21.[I-].[I-]. The number of aryl methyl sites for hydroxylation is 1. The zero-order valence-corrected chi connectivity index (χ0v) is 31.2. The summed E-state index contributed by atoms with van der Waals surface area (Å²) in [6, 6.07) is 53.4. The number of aromatic nitrogens is 1. The monoisotopic (exact) mass is 848 g/mol. The minimum atomic E-state index is -1.85. The Bertz CT molecular complexity index is 1800. The highest BCUT2D eigenvalue weighted by Crippen LogP contribution is 2.55. The van der Waals surface area contributed by atoms with Crippen molar-refractivity contribution in [2.24, 2.45) is 0 Å². The van der Waals surface area contributed by atoms with E-state index in [4.69, 9.17) is 0 Å². The lowest BCUT2D eigenvalue weighted by Gasteiger charge is -2.27. The largest absolute Gasteiger partial charge is 1.00 e. The van der Waals surface area contributed by atoms with Crippen molar-refractivity contribution in [2.75, 3.05) is 18.1 Å². The second-order valence-corrected chi connectivity index (χ2v) is 15.7. The molecule has 226 valence electrons. The van der Waals surface area contributed by atoms with Gasteiger partial charge in [-0.25, -0.2) is 0 Å². The maximum atomic E-state index is 2.45. The van der Waals surface area contributed by atoms with E-state index in [0.29, 0.717) is 0 Å². The van der Waals surface area contributed by atoms with Gasteiger partial charge in [0, 0.05) is 30.5 Å². The third-order valence-corrected chi connectivity index (χ3v) is 14.2.